The lowest BCUT2D eigenvalue weighted by molar-refractivity contribution is 0.671. The molecule has 246 valence electrons. The Morgan fingerprint density at radius 2 is 0.885 bits per heavy atom. The fourth-order valence-electron chi connectivity index (χ4n) is 9.17. The van der Waals surface area contributed by atoms with Crippen molar-refractivity contribution in [3.05, 3.63) is 193 Å². The van der Waals surface area contributed by atoms with E-state index in [0.717, 1.165) is 0 Å². The molecular formula is C49H35N3. The maximum atomic E-state index is 2.45. The second-order valence-electron chi connectivity index (χ2n) is 14.2. The van der Waals surface area contributed by atoms with Crippen molar-refractivity contribution in [2.24, 2.45) is 0 Å². The smallest absolute Gasteiger partial charge is 0.0542 e. The van der Waals surface area contributed by atoms with Crippen molar-refractivity contribution in [3.8, 4) is 17.1 Å². The van der Waals surface area contributed by atoms with E-state index in [1.807, 2.05) is 0 Å². The second kappa shape index (κ2) is 11.2. The van der Waals surface area contributed by atoms with Crippen molar-refractivity contribution in [2.45, 2.75) is 18.8 Å². The third-order valence-corrected chi connectivity index (χ3v) is 11.4. The molecule has 2 unspecified atom stereocenters. The topological polar surface area (TPSA) is 14.8 Å². The molecule has 7 aromatic carbocycles. The van der Waals surface area contributed by atoms with Gasteiger partial charge in [0.1, 0.15) is 0 Å². The van der Waals surface area contributed by atoms with Crippen molar-refractivity contribution in [1.82, 2.24) is 13.7 Å². The zero-order valence-electron chi connectivity index (χ0n) is 28.8. The molecular weight excluding hydrogens is 631 g/mol. The summed E-state index contributed by atoms with van der Waals surface area (Å²) in [5.74, 6) is 0.550. The normalized spacial score (nSPS) is 15.7. The van der Waals surface area contributed by atoms with E-state index in [0.29, 0.717) is 5.92 Å². The van der Waals surface area contributed by atoms with Crippen LogP contribution in [0.5, 0.6) is 0 Å². The van der Waals surface area contributed by atoms with Gasteiger partial charge in [-0.3, -0.25) is 0 Å². The molecule has 0 bridgehead atoms. The fraction of sp³-hybridized carbons (Fsp3) is 0.0612. The number of para-hydroxylation sites is 5. The molecule has 0 radical (unpaired) electrons. The van der Waals surface area contributed by atoms with E-state index in [1.54, 1.807) is 0 Å². The zero-order chi connectivity index (χ0) is 34.3. The molecule has 11 rings (SSSR count). The average molecular weight is 666 g/mol. The standard InChI is InChI=1S/C49H35N3/c1-32-37(27-29-48-49(32)41-21-8-12-25-46(41)50(48)34-15-3-2-4-16-34)33-14-13-17-35(30-33)51-45-24-11-7-20-40(45)42-31-36(26-28-47(42)51)52-43-22-9-5-18-38(43)39-19-6-10-23-44(39)52/h2-32,37H,1H3. The summed E-state index contributed by atoms with van der Waals surface area (Å²) in [5, 5.41) is 6.40. The summed E-state index contributed by atoms with van der Waals surface area (Å²) in [6.45, 7) is 2.40. The molecule has 0 N–H and O–H groups in total. The molecule has 3 nitrogen and oxygen atoms in total. The van der Waals surface area contributed by atoms with Crippen LogP contribution in [0, 0.1) is 0 Å². The highest BCUT2D eigenvalue weighted by atomic mass is 15.0. The Morgan fingerprint density at radius 1 is 0.385 bits per heavy atom. The molecule has 3 heterocycles. The molecule has 0 saturated carbocycles. The highest BCUT2D eigenvalue weighted by Crippen LogP contribution is 2.46. The van der Waals surface area contributed by atoms with Crippen molar-refractivity contribution in [1.29, 1.82) is 0 Å². The van der Waals surface area contributed by atoms with Gasteiger partial charge in [0.2, 0.25) is 0 Å². The molecule has 0 amide bonds. The van der Waals surface area contributed by atoms with Gasteiger partial charge in [-0.2, -0.15) is 0 Å². The van der Waals surface area contributed by atoms with Gasteiger partial charge in [0.05, 0.1) is 33.3 Å². The van der Waals surface area contributed by atoms with Crippen LogP contribution in [0.25, 0.3) is 77.7 Å². The third-order valence-electron chi connectivity index (χ3n) is 11.4. The maximum absolute atomic E-state index is 2.45. The largest absolute Gasteiger partial charge is 0.310 e. The van der Waals surface area contributed by atoms with Gasteiger partial charge < -0.3 is 13.7 Å². The summed E-state index contributed by atoms with van der Waals surface area (Å²) >= 11 is 0. The van der Waals surface area contributed by atoms with E-state index >= 15 is 0 Å². The first-order valence-electron chi connectivity index (χ1n) is 18.2. The molecule has 0 aliphatic heterocycles. The average Bonchev–Trinajstić information content (AvgIpc) is 3.84. The molecule has 0 fully saturated rings. The number of aromatic nitrogens is 3. The molecule has 1 aliphatic rings. The SMILES string of the molecule is CC1c2c(n(-c3ccccc3)c3ccccc23)C=CC1c1cccc(-n2c3ccccc3c3cc(-n4c5ccccc5c5ccccc54)ccc32)c1. The number of fused-ring (bicyclic) bond motifs is 9. The van der Waals surface area contributed by atoms with Gasteiger partial charge in [0.15, 0.2) is 0 Å². The maximum Gasteiger partial charge on any atom is 0.0542 e. The van der Waals surface area contributed by atoms with Gasteiger partial charge in [0, 0.05) is 49.9 Å². The molecule has 0 spiro atoms. The van der Waals surface area contributed by atoms with Crippen LogP contribution < -0.4 is 0 Å². The molecule has 52 heavy (non-hydrogen) atoms. The number of hydrogen-bond acceptors (Lipinski definition) is 0. The number of nitrogens with zero attached hydrogens (tertiary/aromatic N) is 3. The predicted octanol–water partition coefficient (Wildman–Crippen LogP) is 12.7. The molecule has 1 aliphatic carbocycles. The van der Waals surface area contributed by atoms with E-state index in [1.165, 1.54) is 88.4 Å². The summed E-state index contributed by atoms with van der Waals surface area (Å²) in [7, 11) is 0. The molecule has 0 saturated heterocycles. The van der Waals surface area contributed by atoms with Crippen LogP contribution in [-0.2, 0) is 0 Å². The summed E-state index contributed by atoms with van der Waals surface area (Å²) < 4.78 is 7.29. The van der Waals surface area contributed by atoms with Crippen LogP contribution in [0.2, 0.25) is 0 Å². The Bertz CT molecular complexity index is 2990. The predicted molar refractivity (Wildman–Crippen MR) is 219 cm³/mol. The van der Waals surface area contributed by atoms with Gasteiger partial charge in [-0.1, -0.05) is 116 Å². The molecule has 2 atom stereocenters. The first kappa shape index (κ1) is 29.2. The minimum atomic E-state index is 0.248. The van der Waals surface area contributed by atoms with Crippen molar-refractivity contribution >= 4 is 60.6 Å². The highest BCUT2D eigenvalue weighted by molar-refractivity contribution is 6.12. The van der Waals surface area contributed by atoms with E-state index in [4.69, 9.17) is 0 Å². The Kier molecular flexibility index (Phi) is 6.29. The Labute approximate surface area is 301 Å². The first-order valence-corrected chi connectivity index (χ1v) is 18.2. The van der Waals surface area contributed by atoms with Gasteiger partial charge in [-0.15, -0.1) is 0 Å². The monoisotopic (exact) mass is 665 g/mol. The summed E-state index contributed by atoms with van der Waals surface area (Å²) in [6, 6.07) is 62.2. The highest BCUT2D eigenvalue weighted by Gasteiger charge is 2.30. The van der Waals surface area contributed by atoms with E-state index < -0.39 is 0 Å². The Balaban J connectivity index is 1.05. The minimum absolute atomic E-state index is 0.248. The summed E-state index contributed by atoms with van der Waals surface area (Å²) in [6.07, 6.45) is 4.78. The van der Waals surface area contributed by atoms with E-state index in [-0.39, 0.29) is 5.92 Å². The van der Waals surface area contributed by atoms with Crippen LogP contribution in [-0.4, -0.2) is 13.7 Å². The second-order valence-corrected chi connectivity index (χ2v) is 14.2. The van der Waals surface area contributed by atoms with Crippen LogP contribution in [0.15, 0.2) is 176 Å². The number of rotatable bonds is 4. The van der Waals surface area contributed by atoms with Gasteiger partial charge >= 0.3 is 0 Å². The third kappa shape index (κ3) is 4.14. The van der Waals surface area contributed by atoms with Crippen LogP contribution >= 0.6 is 0 Å². The quantitative estimate of drug-likeness (QED) is 0.178. The summed E-state index contributed by atoms with van der Waals surface area (Å²) in [5.41, 5.74) is 13.7. The molecule has 10 aromatic rings. The minimum Gasteiger partial charge on any atom is -0.310 e. The zero-order valence-corrected chi connectivity index (χ0v) is 28.8. The van der Waals surface area contributed by atoms with Crippen LogP contribution in [0.3, 0.4) is 0 Å². The fourth-order valence-corrected chi connectivity index (χ4v) is 9.17. The van der Waals surface area contributed by atoms with Gasteiger partial charge in [-0.05, 0) is 89.9 Å². The Hall–Kier alpha value is -6.58. The summed E-state index contributed by atoms with van der Waals surface area (Å²) in [4.78, 5) is 0. The van der Waals surface area contributed by atoms with Crippen LogP contribution in [0.1, 0.15) is 35.6 Å². The molecule has 3 aromatic heterocycles. The number of allylic oxidation sites excluding steroid dienone is 1. The van der Waals surface area contributed by atoms with Crippen molar-refractivity contribution < 1.29 is 0 Å². The van der Waals surface area contributed by atoms with Crippen molar-refractivity contribution in [2.75, 3.05) is 0 Å². The van der Waals surface area contributed by atoms with Crippen molar-refractivity contribution in [3.63, 3.8) is 0 Å². The van der Waals surface area contributed by atoms with Gasteiger partial charge in [0.25, 0.3) is 0 Å². The van der Waals surface area contributed by atoms with Gasteiger partial charge in [-0.25, -0.2) is 0 Å². The van der Waals surface area contributed by atoms with E-state index in [2.05, 4.69) is 203 Å². The number of hydrogen-bond donors (Lipinski definition) is 0. The van der Waals surface area contributed by atoms with Crippen LogP contribution in [0.4, 0.5) is 0 Å². The Morgan fingerprint density at radius 3 is 1.54 bits per heavy atom. The lowest BCUT2D eigenvalue weighted by Gasteiger charge is -2.27. The number of benzene rings is 7. The lowest BCUT2D eigenvalue weighted by Crippen LogP contribution is -2.12. The molecule has 3 heteroatoms. The first-order chi connectivity index (χ1) is 25.7. The van der Waals surface area contributed by atoms with E-state index in [9.17, 15) is 0 Å². The lowest BCUT2D eigenvalue weighted by atomic mass is 9.78.